The normalized spacial score (nSPS) is 26.5. The lowest BCUT2D eigenvalue weighted by atomic mass is 9.84. The van der Waals surface area contributed by atoms with Crippen LogP contribution in [0.1, 0.15) is 23.5 Å². The molecule has 0 amide bonds. The number of benzene rings is 1. The second-order valence-electron chi connectivity index (χ2n) is 4.38. The largest absolute Gasteiger partial charge is 0.399 e. The molecule has 3 nitrogen and oxygen atoms in total. The highest BCUT2D eigenvalue weighted by Crippen LogP contribution is 2.28. The molecule has 1 aliphatic rings. The molecule has 1 saturated heterocycles. The summed E-state index contributed by atoms with van der Waals surface area (Å²) in [5.41, 5.74) is 15.4. The van der Waals surface area contributed by atoms with Crippen molar-refractivity contribution in [3.05, 3.63) is 29.3 Å². The van der Waals surface area contributed by atoms with Gasteiger partial charge in [0.15, 0.2) is 0 Å². The molecular formula is C12H19N3. The molecule has 3 heteroatoms. The first-order chi connectivity index (χ1) is 7.18. The minimum Gasteiger partial charge on any atom is -0.399 e. The number of hydrogen-bond donors (Lipinski definition) is 3. The number of nitrogens with two attached hydrogens (primary N) is 2. The second-order valence-corrected chi connectivity index (χ2v) is 4.38. The smallest absolute Gasteiger partial charge is 0.0317 e. The van der Waals surface area contributed by atoms with Gasteiger partial charge in [-0.15, -0.1) is 0 Å². The number of aryl methyl sites for hydroxylation is 1. The van der Waals surface area contributed by atoms with Crippen LogP contribution in [0.5, 0.6) is 0 Å². The summed E-state index contributed by atoms with van der Waals surface area (Å²) in [7, 11) is 0. The first-order valence-electron chi connectivity index (χ1n) is 5.51. The third-order valence-electron chi connectivity index (χ3n) is 3.23. The third-order valence-corrected chi connectivity index (χ3v) is 3.23. The number of anilines is 1. The van der Waals surface area contributed by atoms with Crippen molar-refractivity contribution in [2.75, 3.05) is 18.8 Å². The summed E-state index contributed by atoms with van der Waals surface area (Å²) in [5, 5.41) is 3.31. The van der Waals surface area contributed by atoms with Gasteiger partial charge in [-0.2, -0.15) is 0 Å². The van der Waals surface area contributed by atoms with E-state index >= 15 is 0 Å². The van der Waals surface area contributed by atoms with Crippen LogP contribution in [-0.2, 0) is 0 Å². The van der Waals surface area contributed by atoms with Gasteiger partial charge in [0.05, 0.1) is 0 Å². The molecule has 0 aliphatic carbocycles. The SMILES string of the molecule is Cc1ccc(N)cc1C1CCNCC1N. The quantitative estimate of drug-likeness (QED) is 0.599. The van der Waals surface area contributed by atoms with Crippen molar-refractivity contribution >= 4 is 5.69 Å². The van der Waals surface area contributed by atoms with Crippen molar-refractivity contribution in [3.8, 4) is 0 Å². The fourth-order valence-corrected chi connectivity index (χ4v) is 2.33. The van der Waals surface area contributed by atoms with Gasteiger partial charge in [0, 0.05) is 24.2 Å². The van der Waals surface area contributed by atoms with Crippen LogP contribution >= 0.6 is 0 Å². The summed E-state index contributed by atoms with van der Waals surface area (Å²) in [6.07, 6.45) is 1.10. The Hall–Kier alpha value is -1.06. The fraction of sp³-hybridized carbons (Fsp3) is 0.500. The number of piperidine rings is 1. The van der Waals surface area contributed by atoms with Crippen LogP contribution < -0.4 is 16.8 Å². The highest BCUT2D eigenvalue weighted by Gasteiger charge is 2.24. The van der Waals surface area contributed by atoms with Crippen LogP contribution in [-0.4, -0.2) is 19.1 Å². The summed E-state index contributed by atoms with van der Waals surface area (Å²) in [6, 6.07) is 6.31. The zero-order chi connectivity index (χ0) is 10.8. The molecule has 2 rings (SSSR count). The van der Waals surface area contributed by atoms with E-state index in [0.717, 1.165) is 25.2 Å². The summed E-state index contributed by atoms with van der Waals surface area (Å²) in [4.78, 5) is 0. The van der Waals surface area contributed by atoms with Crippen LogP contribution in [0.3, 0.4) is 0 Å². The average molecular weight is 205 g/mol. The van der Waals surface area contributed by atoms with E-state index in [2.05, 4.69) is 24.4 Å². The van der Waals surface area contributed by atoms with Crippen LogP contribution in [0.4, 0.5) is 5.69 Å². The summed E-state index contributed by atoms with van der Waals surface area (Å²) in [6.45, 7) is 4.08. The van der Waals surface area contributed by atoms with Crippen molar-refractivity contribution in [1.82, 2.24) is 5.32 Å². The minimum atomic E-state index is 0.208. The lowest BCUT2D eigenvalue weighted by molar-refractivity contribution is 0.402. The van der Waals surface area contributed by atoms with E-state index in [4.69, 9.17) is 11.5 Å². The molecule has 2 atom stereocenters. The van der Waals surface area contributed by atoms with Gasteiger partial charge in [-0.1, -0.05) is 6.07 Å². The van der Waals surface area contributed by atoms with Crippen molar-refractivity contribution in [2.24, 2.45) is 5.73 Å². The average Bonchev–Trinajstić information content (AvgIpc) is 2.23. The highest BCUT2D eigenvalue weighted by molar-refractivity contribution is 5.46. The van der Waals surface area contributed by atoms with Gasteiger partial charge in [-0.05, 0) is 43.1 Å². The molecule has 0 radical (unpaired) electrons. The van der Waals surface area contributed by atoms with E-state index < -0.39 is 0 Å². The molecule has 1 aromatic rings. The van der Waals surface area contributed by atoms with E-state index in [0.29, 0.717) is 5.92 Å². The Kier molecular flexibility index (Phi) is 2.93. The molecule has 0 saturated carbocycles. The molecule has 82 valence electrons. The van der Waals surface area contributed by atoms with Crippen molar-refractivity contribution in [3.63, 3.8) is 0 Å². The first kappa shape index (κ1) is 10.5. The summed E-state index contributed by atoms with van der Waals surface area (Å²) in [5.74, 6) is 0.453. The molecule has 15 heavy (non-hydrogen) atoms. The Bertz CT molecular complexity index is 349. The van der Waals surface area contributed by atoms with Gasteiger partial charge >= 0.3 is 0 Å². The van der Waals surface area contributed by atoms with Gasteiger partial charge in [0.2, 0.25) is 0 Å². The molecular weight excluding hydrogens is 186 g/mol. The van der Waals surface area contributed by atoms with Crippen molar-refractivity contribution < 1.29 is 0 Å². The third kappa shape index (κ3) is 2.13. The van der Waals surface area contributed by atoms with E-state index in [1.54, 1.807) is 0 Å². The number of nitrogen functional groups attached to an aromatic ring is 1. The van der Waals surface area contributed by atoms with Crippen LogP contribution in [0.2, 0.25) is 0 Å². The zero-order valence-electron chi connectivity index (χ0n) is 9.16. The van der Waals surface area contributed by atoms with Crippen molar-refractivity contribution in [1.29, 1.82) is 0 Å². The Labute approximate surface area is 90.8 Å². The fourth-order valence-electron chi connectivity index (χ4n) is 2.33. The lowest BCUT2D eigenvalue weighted by Gasteiger charge is -2.30. The highest BCUT2D eigenvalue weighted by atomic mass is 14.9. The number of nitrogens with one attached hydrogen (secondary N) is 1. The van der Waals surface area contributed by atoms with E-state index in [1.165, 1.54) is 11.1 Å². The maximum absolute atomic E-state index is 6.13. The lowest BCUT2D eigenvalue weighted by Crippen LogP contribution is -2.44. The monoisotopic (exact) mass is 205 g/mol. The predicted molar refractivity (Wildman–Crippen MR) is 63.8 cm³/mol. The maximum atomic E-state index is 6.13. The van der Waals surface area contributed by atoms with E-state index in [9.17, 15) is 0 Å². The van der Waals surface area contributed by atoms with Gasteiger partial charge in [-0.3, -0.25) is 0 Å². The molecule has 1 aliphatic heterocycles. The predicted octanol–water partition coefficient (Wildman–Crippen LogP) is 0.981. The van der Waals surface area contributed by atoms with Gasteiger partial charge < -0.3 is 16.8 Å². The van der Waals surface area contributed by atoms with Crippen LogP contribution in [0.15, 0.2) is 18.2 Å². The van der Waals surface area contributed by atoms with Crippen LogP contribution in [0, 0.1) is 6.92 Å². The molecule has 1 fully saturated rings. The van der Waals surface area contributed by atoms with Gasteiger partial charge in [0.25, 0.3) is 0 Å². The maximum Gasteiger partial charge on any atom is 0.0317 e. The van der Waals surface area contributed by atoms with Crippen LogP contribution in [0.25, 0.3) is 0 Å². The Morgan fingerprint density at radius 1 is 1.40 bits per heavy atom. The summed E-state index contributed by atoms with van der Waals surface area (Å²) < 4.78 is 0. The molecule has 0 aromatic heterocycles. The van der Waals surface area contributed by atoms with Gasteiger partial charge in [0.1, 0.15) is 0 Å². The first-order valence-corrected chi connectivity index (χ1v) is 5.51. The minimum absolute atomic E-state index is 0.208. The molecule has 1 aromatic carbocycles. The standard InChI is InChI=1S/C12H19N3/c1-8-2-3-9(13)6-11(8)10-4-5-15-7-12(10)14/h2-3,6,10,12,15H,4-5,7,13-14H2,1H3. The van der Waals surface area contributed by atoms with E-state index in [1.807, 2.05) is 6.07 Å². The summed E-state index contributed by atoms with van der Waals surface area (Å²) >= 11 is 0. The van der Waals surface area contributed by atoms with Crippen molar-refractivity contribution in [2.45, 2.75) is 25.3 Å². The number of hydrogen-bond acceptors (Lipinski definition) is 3. The molecule has 5 N–H and O–H groups in total. The molecule has 2 unspecified atom stereocenters. The Balaban J connectivity index is 2.30. The molecule has 0 spiro atoms. The molecule has 0 bridgehead atoms. The topological polar surface area (TPSA) is 64.1 Å². The zero-order valence-corrected chi connectivity index (χ0v) is 9.16. The Morgan fingerprint density at radius 2 is 2.20 bits per heavy atom. The number of rotatable bonds is 1. The van der Waals surface area contributed by atoms with E-state index in [-0.39, 0.29) is 6.04 Å². The van der Waals surface area contributed by atoms with Gasteiger partial charge in [-0.25, -0.2) is 0 Å². The molecule has 1 heterocycles. The Morgan fingerprint density at radius 3 is 2.93 bits per heavy atom. The second kappa shape index (κ2) is 4.21.